The molecule has 0 spiro atoms. The average Bonchev–Trinajstić information content (AvgIpc) is 2.93. The van der Waals surface area contributed by atoms with Crippen molar-refractivity contribution in [3.05, 3.63) is 42.0 Å². The summed E-state index contributed by atoms with van der Waals surface area (Å²) in [6, 6.07) is 7.81. The topological polar surface area (TPSA) is 29.5 Å². The highest BCUT2D eigenvalue weighted by atomic mass is 16.5. The predicted octanol–water partition coefficient (Wildman–Crippen LogP) is 3.66. The van der Waals surface area contributed by atoms with Crippen molar-refractivity contribution in [1.82, 2.24) is 4.90 Å². The first-order chi connectivity index (χ1) is 9.61. The maximum atomic E-state index is 12.5. The summed E-state index contributed by atoms with van der Waals surface area (Å²) in [6.45, 7) is 9.26. The van der Waals surface area contributed by atoms with Crippen LogP contribution in [-0.2, 0) is 0 Å². The van der Waals surface area contributed by atoms with Crippen LogP contribution >= 0.6 is 0 Å². The summed E-state index contributed by atoms with van der Waals surface area (Å²) in [5, 5.41) is 0. The SMILES string of the molecule is C=C(C)COc1ccc(C(=O)N2CCCC2CC)cc1. The number of nitrogens with zero attached hydrogens (tertiary/aromatic N) is 1. The van der Waals surface area contributed by atoms with Crippen molar-refractivity contribution in [1.29, 1.82) is 0 Å². The van der Waals surface area contributed by atoms with Gasteiger partial charge in [-0.15, -0.1) is 0 Å². The van der Waals surface area contributed by atoms with Gasteiger partial charge in [0.1, 0.15) is 12.4 Å². The van der Waals surface area contributed by atoms with Crippen molar-refractivity contribution in [3.8, 4) is 5.75 Å². The second-order valence-corrected chi connectivity index (χ2v) is 5.47. The smallest absolute Gasteiger partial charge is 0.254 e. The van der Waals surface area contributed by atoms with E-state index in [1.54, 1.807) is 0 Å². The lowest BCUT2D eigenvalue weighted by Crippen LogP contribution is -2.35. The molecule has 1 fully saturated rings. The molecule has 1 heterocycles. The Kier molecular flexibility index (Phi) is 4.83. The van der Waals surface area contributed by atoms with E-state index in [-0.39, 0.29) is 5.91 Å². The highest BCUT2D eigenvalue weighted by Crippen LogP contribution is 2.23. The van der Waals surface area contributed by atoms with Gasteiger partial charge in [-0.25, -0.2) is 0 Å². The lowest BCUT2D eigenvalue weighted by molar-refractivity contribution is 0.0733. The van der Waals surface area contributed by atoms with Gasteiger partial charge >= 0.3 is 0 Å². The maximum absolute atomic E-state index is 12.5. The molecule has 1 aliphatic rings. The van der Waals surface area contributed by atoms with Gasteiger partial charge in [0.15, 0.2) is 0 Å². The first-order valence-electron chi connectivity index (χ1n) is 7.30. The Morgan fingerprint density at radius 3 is 2.70 bits per heavy atom. The molecule has 0 saturated carbocycles. The van der Waals surface area contributed by atoms with Crippen LogP contribution in [0.3, 0.4) is 0 Å². The summed E-state index contributed by atoms with van der Waals surface area (Å²) >= 11 is 0. The maximum Gasteiger partial charge on any atom is 0.254 e. The van der Waals surface area contributed by atoms with Crippen LogP contribution in [0.2, 0.25) is 0 Å². The third-order valence-corrected chi connectivity index (χ3v) is 3.70. The van der Waals surface area contributed by atoms with E-state index in [4.69, 9.17) is 4.74 Å². The molecule has 3 nitrogen and oxygen atoms in total. The molecule has 1 aromatic rings. The lowest BCUT2D eigenvalue weighted by Gasteiger charge is -2.23. The molecule has 108 valence electrons. The Labute approximate surface area is 121 Å². The summed E-state index contributed by atoms with van der Waals surface area (Å²) in [6.07, 6.45) is 3.28. The van der Waals surface area contributed by atoms with Crippen LogP contribution in [-0.4, -0.2) is 30.0 Å². The van der Waals surface area contributed by atoms with Crippen LogP contribution in [0.4, 0.5) is 0 Å². The monoisotopic (exact) mass is 273 g/mol. The van der Waals surface area contributed by atoms with Gasteiger partial charge < -0.3 is 9.64 Å². The first kappa shape index (κ1) is 14.6. The van der Waals surface area contributed by atoms with E-state index in [1.807, 2.05) is 36.1 Å². The second-order valence-electron chi connectivity index (χ2n) is 5.47. The molecule has 3 heteroatoms. The quantitative estimate of drug-likeness (QED) is 0.766. The van der Waals surface area contributed by atoms with E-state index in [0.29, 0.717) is 12.6 Å². The van der Waals surface area contributed by atoms with Gasteiger partial charge in [-0.05, 0) is 56.0 Å². The van der Waals surface area contributed by atoms with E-state index < -0.39 is 0 Å². The van der Waals surface area contributed by atoms with E-state index in [2.05, 4.69) is 13.5 Å². The zero-order valence-electron chi connectivity index (χ0n) is 12.4. The zero-order valence-corrected chi connectivity index (χ0v) is 12.4. The average molecular weight is 273 g/mol. The van der Waals surface area contributed by atoms with Crippen LogP contribution in [0.1, 0.15) is 43.5 Å². The Morgan fingerprint density at radius 1 is 1.40 bits per heavy atom. The van der Waals surface area contributed by atoms with Crippen molar-refractivity contribution in [2.75, 3.05) is 13.2 Å². The minimum Gasteiger partial charge on any atom is -0.489 e. The number of benzene rings is 1. The van der Waals surface area contributed by atoms with Gasteiger partial charge in [-0.1, -0.05) is 13.5 Å². The molecule has 1 aromatic carbocycles. The van der Waals surface area contributed by atoms with Gasteiger partial charge in [0.25, 0.3) is 5.91 Å². The van der Waals surface area contributed by atoms with Crippen LogP contribution < -0.4 is 4.74 Å². The molecule has 1 atom stereocenters. The fraction of sp³-hybridized carbons (Fsp3) is 0.471. The number of amides is 1. The molecule has 1 saturated heterocycles. The predicted molar refractivity (Wildman–Crippen MR) is 81.1 cm³/mol. The molecule has 20 heavy (non-hydrogen) atoms. The zero-order chi connectivity index (χ0) is 14.5. The Balaban J connectivity index is 2.02. The van der Waals surface area contributed by atoms with Crippen LogP contribution in [0.25, 0.3) is 0 Å². The van der Waals surface area contributed by atoms with Crippen molar-refractivity contribution in [2.45, 2.75) is 39.2 Å². The molecule has 1 amide bonds. The van der Waals surface area contributed by atoms with Gasteiger partial charge in [0.05, 0.1) is 0 Å². The molecule has 1 aliphatic heterocycles. The summed E-state index contributed by atoms with van der Waals surface area (Å²) in [5.41, 5.74) is 1.72. The molecule has 0 N–H and O–H groups in total. The Bertz CT molecular complexity index is 478. The first-order valence-corrected chi connectivity index (χ1v) is 7.30. The normalized spacial score (nSPS) is 18.1. The number of carbonyl (C=O) groups is 1. The number of rotatable bonds is 5. The Morgan fingerprint density at radius 2 is 2.10 bits per heavy atom. The summed E-state index contributed by atoms with van der Waals surface area (Å²) in [4.78, 5) is 14.5. The standard InChI is InChI=1S/C17H23NO2/c1-4-15-6-5-11-18(15)17(19)14-7-9-16(10-8-14)20-12-13(2)3/h7-10,15H,2,4-6,11-12H2,1,3H3. The van der Waals surface area contributed by atoms with Gasteiger partial charge in [-0.2, -0.15) is 0 Å². The molecule has 0 radical (unpaired) electrons. The van der Waals surface area contributed by atoms with Crippen LogP contribution in [0.15, 0.2) is 36.4 Å². The molecular formula is C17H23NO2. The lowest BCUT2D eigenvalue weighted by atomic mass is 10.1. The van der Waals surface area contributed by atoms with Gasteiger partial charge in [0.2, 0.25) is 0 Å². The number of hydrogen-bond donors (Lipinski definition) is 0. The second kappa shape index (κ2) is 6.60. The minimum absolute atomic E-state index is 0.140. The van der Waals surface area contributed by atoms with Crippen molar-refractivity contribution in [2.24, 2.45) is 0 Å². The van der Waals surface area contributed by atoms with Crippen molar-refractivity contribution < 1.29 is 9.53 Å². The fourth-order valence-electron chi connectivity index (χ4n) is 2.59. The van der Waals surface area contributed by atoms with Gasteiger partial charge in [0, 0.05) is 18.2 Å². The summed E-state index contributed by atoms with van der Waals surface area (Å²) < 4.78 is 5.55. The minimum atomic E-state index is 0.140. The third kappa shape index (κ3) is 3.41. The Hall–Kier alpha value is -1.77. The highest BCUT2D eigenvalue weighted by molar-refractivity contribution is 5.94. The summed E-state index contributed by atoms with van der Waals surface area (Å²) in [7, 11) is 0. The van der Waals surface area contributed by atoms with E-state index in [9.17, 15) is 4.79 Å². The molecule has 1 unspecified atom stereocenters. The van der Waals surface area contributed by atoms with Crippen LogP contribution in [0, 0.1) is 0 Å². The van der Waals surface area contributed by atoms with Crippen LogP contribution in [0.5, 0.6) is 5.75 Å². The highest BCUT2D eigenvalue weighted by Gasteiger charge is 2.27. The number of ether oxygens (including phenoxy) is 1. The molecule has 0 aliphatic carbocycles. The fourth-order valence-corrected chi connectivity index (χ4v) is 2.59. The molecular weight excluding hydrogens is 250 g/mol. The van der Waals surface area contributed by atoms with Gasteiger partial charge in [-0.3, -0.25) is 4.79 Å². The van der Waals surface area contributed by atoms with E-state index in [1.165, 1.54) is 0 Å². The number of carbonyl (C=O) groups excluding carboxylic acids is 1. The molecule has 0 bridgehead atoms. The molecule has 0 aromatic heterocycles. The molecule has 2 rings (SSSR count). The third-order valence-electron chi connectivity index (χ3n) is 3.70. The van der Waals surface area contributed by atoms with Crippen molar-refractivity contribution in [3.63, 3.8) is 0 Å². The number of hydrogen-bond acceptors (Lipinski definition) is 2. The summed E-state index contributed by atoms with van der Waals surface area (Å²) in [5.74, 6) is 0.916. The largest absolute Gasteiger partial charge is 0.489 e. The van der Waals surface area contributed by atoms with Crippen molar-refractivity contribution >= 4 is 5.91 Å². The van der Waals surface area contributed by atoms with E-state index in [0.717, 1.165) is 42.7 Å². The van der Waals surface area contributed by atoms with E-state index >= 15 is 0 Å². The number of likely N-dealkylation sites (tertiary alicyclic amines) is 1.